The maximum atomic E-state index is 13.4. The second-order valence-electron chi connectivity index (χ2n) is 7.94. The SMILES string of the molecule is CCc1cc(C(=O)N2CCC[C@H](C)C2)c2c(C)nn(Cc3ccccc3)c2n1. The highest BCUT2D eigenvalue weighted by Gasteiger charge is 2.26. The van der Waals surface area contributed by atoms with E-state index in [1.807, 2.05) is 40.8 Å². The molecular formula is C23H28N4O. The van der Waals surface area contributed by atoms with Crippen molar-refractivity contribution < 1.29 is 4.79 Å². The summed E-state index contributed by atoms with van der Waals surface area (Å²) < 4.78 is 1.94. The largest absolute Gasteiger partial charge is 0.338 e. The van der Waals surface area contributed by atoms with E-state index in [2.05, 4.69) is 26.0 Å². The molecule has 3 aromatic rings. The molecule has 0 unspecified atom stereocenters. The second-order valence-corrected chi connectivity index (χ2v) is 7.94. The van der Waals surface area contributed by atoms with Crippen LogP contribution in [0, 0.1) is 12.8 Å². The zero-order valence-corrected chi connectivity index (χ0v) is 17.0. The molecule has 28 heavy (non-hydrogen) atoms. The maximum Gasteiger partial charge on any atom is 0.254 e. The van der Waals surface area contributed by atoms with Gasteiger partial charge in [0.1, 0.15) is 0 Å². The summed E-state index contributed by atoms with van der Waals surface area (Å²) in [4.78, 5) is 20.3. The van der Waals surface area contributed by atoms with Crippen molar-refractivity contribution >= 4 is 16.9 Å². The molecule has 1 aromatic carbocycles. The number of piperidine rings is 1. The van der Waals surface area contributed by atoms with E-state index >= 15 is 0 Å². The van der Waals surface area contributed by atoms with Crippen LogP contribution in [0.5, 0.6) is 0 Å². The lowest BCUT2D eigenvalue weighted by atomic mass is 9.98. The van der Waals surface area contributed by atoms with Crippen molar-refractivity contribution in [3.63, 3.8) is 0 Å². The molecule has 5 nitrogen and oxygen atoms in total. The molecule has 3 heterocycles. The highest BCUT2D eigenvalue weighted by molar-refractivity contribution is 6.06. The van der Waals surface area contributed by atoms with Gasteiger partial charge in [-0.15, -0.1) is 0 Å². The molecule has 0 spiro atoms. The van der Waals surface area contributed by atoms with Crippen molar-refractivity contribution in [2.75, 3.05) is 13.1 Å². The first kappa shape index (κ1) is 18.7. The van der Waals surface area contributed by atoms with Gasteiger partial charge in [-0.25, -0.2) is 9.67 Å². The Kier molecular flexibility index (Phi) is 5.16. The van der Waals surface area contributed by atoms with Gasteiger partial charge in [0.15, 0.2) is 5.65 Å². The average Bonchev–Trinajstić information content (AvgIpc) is 3.03. The number of carbonyl (C=O) groups is 1. The van der Waals surface area contributed by atoms with Crippen LogP contribution in [0.15, 0.2) is 36.4 Å². The van der Waals surface area contributed by atoms with Gasteiger partial charge in [-0.3, -0.25) is 4.79 Å². The van der Waals surface area contributed by atoms with Gasteiger partial charge in [0.05, 0.1) is 23.2 Å². The molecule has 0 bridgehead atoms. The molecule has 0 saturated carbocycles. The molecule has 2 aromatic heterocycles. The number of aryl methyl sites for hydroxylation is 2. The Hall–Kier alpha value is -2.69. The van der Waals surface area contributed by atoms with Gasteiger partial charge < -0.3 is 4.90 Å². The predicted octanol–water partition coefficient (Wildman–Crippen LogP) is 4.22. The number of rotatable bonds is 4. The zero-order valence-electron chi connectivity index (χ0n) is 17.0. The van der Waals surface area contributed by atoms with E-state index in [0.717, 1.165) is 53.9 Å². The molecule has 0 radical (unpaired) electrons. The van der Waals surface area contributed by atoms with E-state index in [-0.39, 0.29) is 5.91 Å². The molecule has 1 aliphatic heterocycles. The van der Waals surface area contributed by atoms with Crippen LogP contribution in [0.3, 0.4) is 0 Å². The summed E-state index contributed by atoms with van der Waals surface area (Å²) in [6, 6.07) is 12.2. The monoisotopic (exact) mass is 376 g/mol. The number of pyridine rings is 1. The number of likely N-dealkylation sites (tertiary alicyclic amines) is 1. The van der Waals surface area contributed by atoms with Crippen LogP contribution in [0.1, 0.15) is 54.0 Å². The van der Waals surface area contributed by atoms with E-state index in [0.29, 0.717) is 12.5 Å². The summed E-state index contributed by atoms with van der Waals surface area (Å²) in [5.41, 5.74) is 4.56. The predicted molar refractivity (Wildman–Crippen MR) is 111 cm³/mol. The van der Waals surface area contributed by atoms with E-state index in [4.69, 9.17) is 10.1 Å². The summed E-state index contributed by atoms with van der Waals surface area (Å²) in [6.45, 7) is 8.61. The van der Waals surface area contributed by atoms with Crippen molar-refractivity contribution in [1.29, 1.82) is 0 Å². The number of hydrogen-bond acceptors (Lipinski definition) is 3. The van der Waals surface area contributed by atoms with Crippen LogP contribution in [-0.4, -0.2) is 38.7 Å². The summed E-state index contributed by atoms with van der Waals surface area (Å²) in [5.74, 6) is 0.679. The summed E-state index contributed by atoms with van der Waals surface area (Å²) in [6.07, 6.45) is 3.07. The smallest absolute Gasteiger partial charge is 0.254 e. The second kappa shape index (κ2) is 7.74. The molecule has 1 fully saturated rings. The minimum Gasteiger partial charge on any atom is -0.338 e. The van der Waals surface area contributed by atoms with Crippen LogP contribution in [0.25, 0.3) is 11.0 Å². The molecule has 4 rings (SSSR count). The molecule has 1 atom stereocenters. The summed E-state index contributed by atoms with van der Waals surface area (Å²) in [7, 11) is 0. The van der Waals surface area contributed by atoms with Crippen molar-refractivity contribution in [1.82, 2.24) is 19.7 Å². The maximum absolute atomic E-state index is 13.4. The Balaban J connectivity index is 1.79. The van der Waals surface area contributed by atoms with Crippen LogP contribution in [-0.2, 0) is 13.0 Å². The van der Waals surface area contributed by atoms with Gasteiger partial charge in [-0.1, -0.05) is 44.2 Å². The van der Waals surface area contributed by atoms with Crippen LogP contribution < -0.4 is 0 Å². The molecule has 5 heteroatoms. The summed E-state index contributed by atoms with van der Waals surface area (Å²) >= 11 is 0. The van der Waals surface area contributed by atoms with E-state index in [1.165, 1.54) is 12.0 Å². The fraction of sp³-hybridized carbons (Fsp3) is 0.435. The lowest BCUT2D eigenvalue weighted by Gasteiger charge is -2.31. The Bertz CT molecular complexity index is 993. The van der Waals surface area contributed by atoms with Crippen LogP contribution in [0.4, 0.5) is 0 Å². The molecule has 0 aliphatic carbocycles. The fourth-order valence-electron chi connectivity index (χ4n) is 4.17. The molecule has 1 saturated heterocycles. The zero-order chi connectivity index (χ0) is 19.7. The number of aromatic nitrogens is 3. The van der Waals surface area contributed by atoms with E-state index < -0.39 is 0 Å². The minimum atomic E-state index is 0.121. The third-order valence-electron chi connectivity index (χ3n) is 5.64. The fourth-order valence-corrected chi connectivity index (χ4v) is 4.17. The lowest BCUT2D eigenvalue weighted by Crippen LogP contribution is -2.39. The number of amides is 1. The molecule has 1 aliphatic rings. The molecular weight excluding hydrogens is 348 g/mol. The molecule has 0 N–H and O–H groups in total. The first-order valence-corrected chi connectivity index (χ1v) is 10.3. The number of hydrogen-bond donors (Lipinski definition) is 0. The van der Waals surface area contributed by atoms with Gasteiger partial charge in [-0.2, -0.15) is 5.10 Å². The molecule has 146 valence electrons. The van der Waals surface area contributed by atoms with Gasteiger partial charge in [0.25, 0.3) is 5.91 Å². The Morgan fingerprint density at radius 2 is 2.04 bits per heavy atom. The number of nitrogens with zero attached hydrogens (tertiary/aromatic N) is 4. The van der Waals surface area contributed by atoms with E-state index in [1.54, 1.807) is 0 Å². The first-order chi connectivity index (χ1) is 13.6. The minimum absolute atomic E-state index is 0.121. The molecule has 1 amide bonds. The van der Waals surface area contributed by atoms with Gasteiger partial charge >= 0.3 is 0 Å². The van der Waals surface area contributed by atoms with Crippen molar-refractivity contribution in [2.45, 2.75) is 46.6 Å². The Morgan fingerprint density at radius 1 is 1.25 bits per heavy atom. The van der Waals surface area contributed by atoms with Gasteiger partial charge in [-0.05, 0) is 43.7 Å². The number of carbonyl (C=O) groups excluding carboxylic acids is 1. The van der Waals surface area contributed by atoms with Gasteiger partial charge in [0.2, 0.25) is 0 Å². The standard InChI is InChI=1S/C23H28N4O/c1-4-19-13-20(23(28)26-12-8-9-16(2)14-26)21-17(3)25-27(22(21)24-19)15-18-10-6-5-7-11-18/h5-7,10-11,13,16H,4,8-9,12,14-15H2,1-3H3/t16-/m0/s1. The average molecular weight is 377 g/mol. The topological polar surface area (TPSA) is 51.0 Å². The van der Waals surface area contributed by atoms with Crippen molar-refractivity contribution in [3.8, 4) is 0 Å². The summed E-state index contributed by atoms with van der Waals surface area (Å²) in [5, 5.41) is 5.65. The third-order valence-corrected chi connectivity index (χ3v) is 5.64. The highest BCUT2D eigenvalue weighted by Crippen LogP contribution is 2.26. The number of fused-ring (bicyclic) bond motifs is 1. The Labute approximate surface area is 166 Å². The quantitative estimate of drug-likeness (QED) is 0.685. The van der Waals surface area contributed by atoms with Crippen molar-refractivity contribution in [3.05, 3.63) is 58.9 Å². The normalized spacial score (nSPS) is 17.2. The highest BCUT2D eigenvalue weighted by atomic mass is 16.2. The van der Waals surface area contributed by atoms with Crippen LogP contribution in [0.2, 0.25) is 0 Å². The van der Waals surface area contributed by atoms with Crippen LogP contribution >= 0.6 is 0 Å². The Morgan fingerprint density at radius 3 is 2.75 bits per heavy atom. The van der Waals surface area contributed by atoms with Gasteiger partial charge in [0, 0.05) is 18.8 Å². The lowest BCUT2D eigenvalue weighted by molar-refractivity contribution is 0.0685. The third kappa shape index (κ3) is 3.53. The van der Waals surface area contributed by atoms with E-state index in [9.17, 15) is 4.79 Å². The first-order valence-electron chi connectivity index (χ1n) is 10.3. The van der Waals surface area contributed by atoms with Crippen molar-refractivity contribution in [2.24, 2.45) is 5.92 Å². The number of benzene rings is 1.